The summed E-state index contributed by atoms with van der Waals surface area (Å²) >= 11 is 0. The van der Waals surface area contributed by atoms with Gasteiger partial charge in [-0.05, 0) is 12.5 Å². The average Bonchev–Trinajstić information content (AvgIpc) is 3.28. The Hall–Kier alpha value is -2.12. The van der Waals surface area contributed by atoms with Crippen molar-refractivity contribution < 1.29 is 18.0 Å². The van der Waals surface area contributed by atoms with Crippen molar-refractivity contribution in [1.82, 2.24) is 19.9 Å². The van der Waals surface area contributed by atoms with Gasteiger partial charge in [-0.2, -0.15) is 18.3 Å². The van der Waals surface area contributed by atoms with Crippen LogP contribution >= 0.6 is 0 Å². The van der Waals surface area contributed by atoms with Crippen molar-refractivity contribution in [3.05, 3.63) is 29.2 Å². The highest BCUT2D eigenvalue weighted by Gasteiger charge is 2.36. The standard InChI is InChI=1S/C30H49F3N4O/c1-5-6-7-8-9-10-11-12-13-14-15-16-17-18-19-20-21-34-28(38)24-22-27-35-25(29(2,3)4)23-26(30(31,32)33)37(27)36-24/h22-23H,5-21H2,1-4H3,(H,34,38). The first-order chi connectivity index (χ1) is 18.0. The Morgan fingerprint density at radius 1 is 0.789 bits per heavy atom. The second-order valence-corrected chi connectivity index (χ2v) is 11.6. The van der Waals surface area contributed by atoms with E-state index in [-0.39, 0.29) is 11.3 Å². The highest BCUT2D eigenvalue weighted by molar-refractivity contribution is 5.93. The normalized spacial score (nSPS) is 12.4. The van der Waals surface area contributed by atoms with Crippen LogP contribution in [0.25, 0.3) is 5.65 Å². The Balaban J connectivity index is 1.61. The van der Waals surface area contributed by atoms with Crippen LogP contribution in [0.4, 0.5) is 13.2 Å². The summed E-state index contributed by atoms with van der Waals surface area (Å²) in [5.74, 6) is -0.470. The van der Waals surface area contributed by atoms with Crippen LogP contribution in [0.15, 0.2) is 12.1 Å². The molecule has 5 nitrogen and oxygen atoms in total. The number of nitrogens with zero attached hydrogens (tertiary/aromatic N) is 3. The summed E-state index contributed by atoms with van der Waals surface area (Å²) in [6, 6.07) is 2.34. The Bertz CT molecular complexity index is 963. The fraction of sp³-hybridized carbons (Fsp3) is 0.767. The van der Waals surface area contributed by atoms with E-state index in [4.69, 9.17) is 0 Å². The molecule has 1 amide bonds. The molecule has 0 aliphatic carbocycles. The first-order valence-electron chi connectivity index (χ1n) is 14.8. The van der Waals surface area contributed by atoms with Crippen LogP contribution in [0.1, 0.15) is 152 Å². The molecule has 2 aromatic rings. The van der Waals surface area contributed by atoms with Gasteiger partial charge in [-0.25, -0.2) is 9.50 Å². The second-order valence-electron chi connectivity index (χ2n) is 11.6. The van der Waals surface area contributed by atoms with Crippen molar-refractivity contribution in [2.75, 3.05) is 6.54 Å². The average molecular weight is 539 g/mol. The monoisotopic (exact) mass is 538 g/mol. The smallest absolute Gasteiger partial charge is 0.351 e. The van der Waals surface area contributed by atoms with E-state index < -0.39 is 23.2 Å². The molecule has 2 rings (SSSR count). The highest BCUT2D eigenvalue weighted by atomic mass is 19.4. The van der Waals surface area contributed by atoms with E-state index in [2.05, 4.69) is 22.3 Å². The molecule has 8 heteroatoms. The number of carbonyl (C=O) groups excluding carboxylic acids is 1. The zero-order valence-corrected chi connectivity index (χ0v) is 24.1. The van der Waals surface area contributed by atoms with Crippen LogP contribution in [-0.2, 0) is 11.6 Å². The first-order valence-corrected chi connectivity index (χ1v) is 14.8. The molecule has 0 spiro atoms. The van der Waals surface area contributed by atoms with Gasteiger partial charge in [0.25, 0.3) is 5.91 Å². The van der Waals surface area contributed by atoms with E-state index in [1.807, 2.05) is 0 Å². The van der Waals surface area contributed by atoms with Gasteiger partial charge in [-0.15, -0.1) is 0 Å². The van der Waals surface area contributed by atoms with E-state index in [0.717, 1.165) is 29.8 Å². The highest BCUT2D eigenvalue weighted by Crippen LogP contribution is 2.32. The molecule has 0 radical (unpaired) electrons. The molecule has 2 aromatic heterocycles. The van der Waals surface area contributed by atoms with Gasteiger partial charge in [0, 0.05) is 18.0 Å². The van der Waals surface area contributed by atoms with E-state index in [1.54, 1.807) is 20.8 Å². The fourth-order valence-corrected chi connectivity index (χ4v) is 4.64. The molecule has 0 aromatic carbocycles. The van der Waals surface area contributed by atoms with Crippen molar-refractivity contribution in [2.24, 2.45) is 0 Å². The predicted octanol–water partition coefficient (Wildman–Crippen LogP) is 9.04. The summed E-state index contributed by atoms with van der Waals surface area (Å²) in [7, 11) is 0. The van der Waals surface area contributed by atoms with Gasteiger partial charge in [0.2, 0.25) is 0 Å². The van der Waals surface area contributed by atoms with Crippen LogP contribution in [0, 0.1) is 0 Å². The molecular formula is C30H49F3N4O. The summed E-state index contributed by atoms with van der Waals surface area (Å²) in [6.45, 7) is 8.14. The fourth-order valence-electron chi connectivity index (χ4n) is 4.64. The maximum absolute atomic E-state index is 13.6. The quantitative estimate of drug-likeness (QED) is 0.193. The third kappa shape index (κ3) is 11.3. The van der Waals surface area contributed by atoms with Crippen molar-refractivity contribution in [3.8, 4) is 0 Å². The van der Waals surface area contributed by atoms with E-state index in [0.29, 0.717) is 12.2 Å². The lowest BCUT2D eigenvalue weighted by molar-refractivity contribution is -0.142. The largest absolute Gasteiger partial charge is 0.433 e. The van der Waals surface area contributed by atoms with Crippen molar-refractivity contribution in [1.29, 1.82) is 0 Å². The molecule has 0 atom stereocenters. The summed E-state index contributed by atoms with van der Waals surface area (Å²) < 4.78 is 41.6. The summed E-state index contributed by atoms with van der Waals surface area (Å²) in [5.41, 5.74) is -1.22. The predicted molar refractivity (Wildman–Crippen MR) is 149 cm³/mol. The third-order valence-corrected chi connectivity index (χ3v) is 7.03. The molecular weight excluding hydrogens is 489 g/mol. The van der Waals surface area contributed by atoms with Crippen LogP contribution in [0.5, 0.6) is 0 Å². The lowest BCUT2D eigenvalue weighted by atomic mass is 9.91. The maximum atomic E-state index is 13.6. The zero-order valence-electron chi connectivity index (χ0n) is 24.1. The molecule has 216 valence electrons. The van der Waals surface area contributed by atoms with Crippen molar-refractivity contribution in [3.63, 3.8) is 0 Å². The molecule has 0 fully saturated rings. The minimum atomic E-state index is -4.60. The number of rotatable bonds is 18. The van der Waals surface area contributed by atoms with Crippen molar-refractivity contribution in [2.45, 2.75) is 142 Å². The van der Waals surface area contributed by atoms with Gasteiger partial charge in [-0.3, -0.25) is 4.79 Å². The van der Waals surface area contributed by atoms with Crippen LogP contribution in [-0.4, -0.2) is 27.0 Å². The SMILES string of the molecule is CCCCCCCCCCCCCCCCCCNC(=O)c1cc2nc(C(C)(C)C)cc(C(F)(F)F)n2n1. The maximum Gasteiger partial charge on any atom is 0.433 e. The minimum Gasteiger partial charge on any atom is -0.351 e. The molecule has 1 N–H and O–H groups in total. The number of hydrogen-bond donors (Lipinski definition) is 1. The number of hydrogen-bond acceptors (Lipinski definition) is 3. The Morgan fingerprint density at radius 3 is 1.71 bits per heavy atom. The number of amides is 1. The van der Waals surface area contributed by atoms with Crippen LogP contribution in [0.2, 0.25) is 0 Å². The summed E-state index contributed by atoms with van der Waals surface area (Å²) in [4.78, 5) is 16.8. The first kappa shape index (κ1) is 32.1. The molecule has 0 saturated heterocycles. The lowest BCUT2D eigenvalue weighted by Gasteiger charge is -2.19. The molecule has 0 aliphatic heterocycles. The number of fused-ring (bicyclic) bond motifs is 1. The zero-order chi connectivity index (χ0) is 28.0. The Kier molecular flexibility index (Phi) is 13.6. The molecule has 0 saturated carbocycles. The minimum absolute atomic E-state index is 0.0253. The number of carbonyl (C=O) groups is 1. The topological polar surface area (TPSA) is 59.3 Å². The molecule has 0 aliphatic rings. The van der Waals surface area contributed by atoms with Gasteiger partial charge in [-0.1, -0.05) is 124 Å². The second kappa shape index (κ2) is 16.1. The van der Waals surface area contributed by atoms with E-state index in [9.17, 15) is 18.0 Å². The number of nitrogens with one attached hydrogen (secondary N) is 1. The van der Waals surface area contributed by atoms with Crippen LogP contribution < -0.4 is 5.32 Å². The van der Waals surface area contributed by atoms with Gasteiger partial charge in [0.05, 0.1) is 5.69 Å². The number of halogens is 3. The lowest BCUT2D eigenvalue weighted by Crippen LogP contribution is -2.25. The molecule has 0 bridgehead atoms. The molecule has 0 unspecified atom stereocenters. The van der Waals surface area contributed by atoms with E-state index in [1.165, 1.54) is 89.5 Å². The third-order valence-electron chi connectivity index (χ3n) is 7.03. The van der Waals surface area contributed by atoms with Gasteiger partial charge in [0.1, 0.15) is 5.69 Å². The Morgan fingerprint density at radius 2 is 1.26 bits per heavy atom. The Labute approximate surface area is 227 Å². The number of aromatic nitrogens is 3. The van der Waals surface area contributed by atoms with Gasteiger partial charge in [0.15, 0.2) is 11.3 Å². The van der Waals surface area contributed by atoms with Crippen molar-refractivity contribution >= 4 is 11.6 Å². The number of unbranched alkanes of at least 4 members (excludes halogenated alkanes) is 15. The van der Waals surface area contributed by atoms with Gasteiger partial charge < -0.3 is 5.32 Å². The van der Waals surface area contributed by atoms with Crippen LogP contribution in [0.3, 0.4) is 0 Å². The molecule has 38 heavy (non-hydrogen) atoms. The summed E-state index contributed by atoms with van der Waals surface area (Å²) in [6.07, 6.45) is 15.9. The molecule has 2 heterocycles. The number of alkyl halides is 3. The van der Waals surface area contributed by atoms with E-state index >= 15 is 0 Å². The van der Waals surface area contributed by atoms with Gasteiger partial charge >= 0.3 is 6.18 Å². The summed E-state index contributed by atoms with van der Waals surface area (Å²) in [5, 5.41) is 6.71.